The fraction of sp³-hybridized carbons (Fsp3) is 0.176. The van der Waals surface area contributed by atoms with Gasteiger partial charge in [-0.25, -0.2) is 4.39 Å². The van der Waals surface area contributed by atoms with Crippen LogP contribution >= 0.6 is 0 Å². The third kappa shape index (κ3) is 5.60. The van der Waals surface area contributed by atoms with Gasteiger partial charge in [-0.1, -0.05) is 30.3 Å². The van der Waals surface area contributed by atoms with Gasteiger partial charge in [-0.3, -0.25) is 19.7 Å². The Morgan fingerprint density at radius 3 is 2.21 bits per heavy atom. The molecule has 0 bridgehead atoms. The zero-order valence-corrected chi connectivity index (χ0v) is 13.2. The van der Waals surface area contributed by atoms with E-state index in [9.17, 15) is 24.1 Å². The molecule has 0 heterocycles. The molecule has 0 amide bonds. The summed E-state index contributed by atoms with van der Waals surface area (Å²) in [5.74, 6) is -1.60. The van der Waals surface area contributed by atoms with Crippen molar-refractivity contribution >= 4 is 17.4 Å². The first kappa shape index (κ1) is 19.0. The number of nitrogens with zero attached hydrogens (tertiary/aromatic N) is 1. The molecular weight excluding hydrogens is 317 g/mol. The highest BCUT2D eigenvalue weighted by molar-refractivity contribution is 6.09. The van der Waals surface area contributed by atoms with Crippen LogP contribution in [0, 0.1) is 15.9 Å². The molecule has 126 valence electrons. The van der Waals surface area contributed by atoms with Crippen molar-refractivity contribution in [3.63, 3.8) is 0 Å². The molecule has 0 aliphatic rings. The number of nitro benzene ring substituents is 1. The minimum atomic E-state index is -0.891. The highest BCUT2D eigenvalue weighted by atomic mass is 19.1. The summed E-state index contributed by atoms with van der Waals surface area (Å²) in [7, 11) is 0. The number of nitro groups is 1. The number of benzene rings is 2. The van der Waals surface area contributed by atoms with Crippen LogP contribution in [0.2, 0.25) is 0 Å². The Morgan fingerprint density at radius 2 is 1.79 bits per heavy atom. The second kappa shape index (κ2) is 9.14. The molecule has 0 aliphatic carbocycles. The predicted octanol–water partition coefficient (Wildman–Crippen LogP) is 3.53. The summed E-state index contributed by atoms with van der Waals surface area (Å²) in [6.45, 7) is 3.65. The Kier molecular flexibility index (Phi) is 7.22. The van der Waals surface area contributed by atoms with Crippen molar-refractivity contribution in [2.24, 2.45) is 0 Å². The van der Waals surface area contributed by atoms with E-state index in [2.05, 4.69) is 4.74 Å². The number of carbonyl (C=O) groups excluding carboxylic acids is 2. The van der Waals surface area contributed by atoms with Crippen molar-refractivity contribution < 1.29 is 23.6 Å². The van der Waals surface area contributed by atoms with Crippen LogP contribution in [0.5, 0.6) is 0 Å². The minimum Gasteiger partial charge on any atom is -0.466 e. The lowest BCUT2D eigenvalue weighted by molar-refractivity contribution is -0.385. The van der Waals surface area contributed by atoms with E-state index in [-0.39, 0.29) is 17.2 Å². The molecule has 0 atom stereocenters. The van der Waals surface area contributed by atoms with Gasteiger partial charge < -0.3 is 4.74 Å². The number of ketones is 1. The summed E-state index contributed by atoms with van der Waals surface area (Å²) in [5.41, 5.74) is -0.214. The highest BCUT2D eigenvalue weighted by Crippen LogP contribution is 2.19. The topological polar surface area (TPSA) is 86.5 Å². The van der Waals surface area contributed by atoms with Crippen molar-refractivity contribution in [1.82, 2.24) is 0 Å². The molecule has 0 saturated carbocycles. The molecule has 0 saturated heterocycles. The summed E-state index contributed by atoms with van der Waals surface area (Å²) in [6.07, 6.45) is 0. The monoisotopic (exact) mass is 333 g/mol. The molecule has 2 aromatic rings. The van der Waals surface area contributed by atoms with E-state index in [1.165, 1.54) is 6.92 Å². The molecule has 0 aromatic heterocycles. The Hall–Kier alpha value is -3.09. The SMILES string of the molecule is CCOC(C)=O.O=C(c1ccccc1)c1ccc([N+](=O)[O-])cc1F. The van der Waals surface area contributed by atoms with E-state index in [1.807, 2.05) is 0 Å². The Balaban J connectivity index is 0.000000413. The number of esters is 1. The normalized spacial score (nSPS) is 9.46. The van der Waals surface area contributed by atoms with Gasteiger partial charge in [0.25, 0.3) is 5.69 Å². The first-order valence-corrected chi connectivity index (χ1v) is 7.03. The van der Waals surface area contributed by atoms with Gasteiger partial charge in [-0.15, -0.1) is 0 Å². The van der Waals surface area contributed by atoms with Gasteiger partial charge in [-0.05, 0) is 13.0 Å². The number of non-ortho nitro benzene ring substituents is 1. The molecule has 0 N–H and O–H groups in total. The van der Waals surface area contributed by atoms with E-state index < -0.39 is 16.5 Å². The summed E-state index contributed by atoms with van der Waals surface area (Å²) in [6, 6.07) is 11.2. The second-order valence-corrected chi connectivity index (χ2v) is 4.54. The lowest BCUT2D eigenvalue weighted by Gasteiger charge is -2.02. The van der Waals surface area contributed by atoms with Crippen LogP contribution in [-0.2, 0) is 9.53 Å². The van der Waals surface area contributed by atoms with Crippen molar-refractivity contribution in [3.05, 3.63) is 75.6 Å². The molecule has 7 heteroatoms. The summed E-state index contributed by atoms with van der Waals surface area (Å²) in [5, 5.41) is 10.5. The van der Waals surface area contributed by atoms with Crippen molar-refractivity contribution in [2.45, 2.75) is 13.8 Å². The quantitative estimate of drug-likeness (QED) is 0.370. The van der Waals surface area contributed by atoms with Crippen LogP contribution in [0.4, 0.5) is 10.1 Å². The second-order valence-electron chi connectivity index (χ2n) is 4.54. The van der Waals surface area contributed by atoms with E-state index in [0.717, 1.165) is 18.2 Å². The maximum absolute atomic E-state index is 13.6. The van der Waals surface area contributed by atoms with Crippen LogP contribution in [0.3, 0.4) is 0 Å². The number of halogens is 1. The lowest BCUT2D eigenvalue weighted by atomic mass is 10.0. The number of hydrogen-bond donors (Lipinski definition) is 0. The van der Waals surface area contributed by atoms with E-state index in [0.29, 0.717) is 12.2 Å². The van der Waals surface area contributed by atoms with Crippen molar-refractivity contribution in [1.29, 1.82) is 0 Å². The van der Waals surface area contributed by atoms with Crippen LogP contribution in [0.25, 0.3) is 0 Å². The van der Waals surface area contributed by atoms with Crippen LogP contribution in [-0.4, -0.2) is 23.3 Å². The molecule has 0 aliphatic heterocycles. The molecular formula is C17H16FNO5. The maximum Gasteiger partial charge on any atom is 0.302 e. The fourth-order valence-electron chi connectivity index (χ4n) is 1.75. The average molecular weight is 333 g/mol. The maximum atomic E-state index is 13.6. The van der Waals surface area contributed by atoms with E-state index in [4.69, 9.17) is 0 Å². The zero-order chi connectivity index (χ0) is 18.1. The molecule has 0 radical (unpaired) electrons. The molecule has 0 spiro atoms. The molecule has 24 heavy (non-hydrogen) atoms. The third-order valence-electron chi connectivity index (χ3n) is 2.79. The Bertz CT molecular complexity index is 731. The highest BCUT2D eigenvalue weighted by Gasteiger charge is 2.17. The van der Waals surface area contributed by atoms with Crippen LogP contribution in [0.1, 0.15) is 29.8 Å². The number of hydrogen-bond acceptors (Lipinski definition) is 5. The Labute approximate surface area is 138 Å². The summed E-state index contributed by atoms with van der Waals surface area (Å²) >= 11 is 0. The largest absolute Gasteiger partial charge is 0.466 e. The lowest BCUT2D eigenvalue weighted by Crippen LogP contribution is -2.04. The molecule has 2 rings (SSSR count). The molecule has 6 nitrogen and oxygen atoms in total. The van der Waals surface area contributed by atoms with Crippen LogP contribution in [0.15, 0.2) is 48.5 Å². The van der Waals surface area contributed by atoms with Gasteiger partial charge in [0.2, 0.25) is 0 Å². The molecule has 0 fully saturated rings. The average Bonchev–Trinajstić information content (AvgIpc) is 2.55. The van der Waals surface area contributed by atoms with E-state index in [1.54, 1.807) is 37.3 Å². The van der Waals surface area contributed by atoms with Gasteiger partial charge in [0.1, 0.15) is 5.82 Å². The Morgan fingerprint density at radius 1 is 1.17 bits per heavy atom. The van der Waals surface area contributed by atoms with Gasteiger partial charge in [0.05, 0.1) is 23.2 Å². The smallest absolute Gasteiger partial charge is 0.302 e. The first-order chi connectivity index (χ1) is 11.4. The molecule has 0 unspecified atom stereocenters. The van der Waals surface area contributed by atoms with E-state index >= 15 is 0 Å². The summed E-state index contributed by atoms with van der Waals surface area (Å²) in [4.78, 5) is 31.5. The van der Waals surface area contributed by atoms with Gasteiger partial charge >= 0.3 is 5.97 Å². The van der Waals surface area contributed by atoms with Crippen molar-refractivity contribution in [2.75, 3.05) is 6.61 Å². The van der Waals surface area contributed by atoms with Gasteiger partial charge in [-0.2, -0.15) is 0 Å². The fourth-order valence-corrected chi connectivity index (χ4v) is 1.75. The standard InChI is InChI=1S/C13H8FNO3.C4H8O2/c14-12-8-10(15(17)18)6-7-11(12)13(16)9-4-2-1-3-5-9;1-3-6-4(2)5/h1-8H;3H2,1-2H3. The zero-order valence-electron chi connectivity index (χ0n) is 13.2. The molecule has 2 aromatic carbocycles. The number of carbonyl (C=O) groups is 2. The van der Waals surface area contributed by atoms with Crippen molar-refractivity contribution in [3.8, 4) is 0 Å². The summed E-state index contributed by atoms with van der Waals surface area (Å²) < 4.78 is 18.0. The number of ether oxygens (including phenoxy) is 1. The first-order valence-electron chi connectivity index (χ1n) is 7.03. The van der Waals surface area contributed by atoms with Crippen LogP contribution < -0.4 is 0 Å². The minimum absolute atomic E-state index is 0.174. The van der Waals surface area contributed by atoms with Gasteiger partial charge in [0, 0.05) is 18.6 Å². The number of rotatable bonds is 4. The predicted molar refractivity (Wildman–Crippen MR) is 85.2 cm³/mol. The van der Waals surface area contributed by atoms with Gasteiger partial charge in [0.15, 0.2) is 5.78 Å². The third-order valence-corrected chi connectivity index (χ3v) is 2.79.